The minimum Gasteiger partial charge on any atom is -0.495 e. The van der Waals surface area contributed by atoms with E-state index >= 15 is 0 Å². The first kappa shape index (κ1) is 29.3. The van der Waals surface area contributed by atoms with Gasteiger partial charge in [-0.2, -0.15) is 4.99 Å². The van der Waals surface area contributed by atoms with Gasteiger partial charge in [-0.25, -0.2) is 17.7 Å². The van der Waals surface area contributed by atoms with E-state index in [1.807, 2.05) is 32.2 Å². The summed E-state index contributed by atoms with van der Waals surface area (Å²) < 4.78 is 46.3. The molecule has 13 heteroatoms. The lowest BCUT2D eigenvalue weighted by Gasteiger charge is -2.30. The van der Waals surface area contributed by atoms with Crippen molar-refractivity contribution in [3.63, 3.8) is 0 Å². The number of benzene rings is 2. The van der Waals surface area contributed by atoms with Crippen LogP contribution in [0.1, 0.15) is 5.56 Å². The van der Waals surface area contributed by atoms with Crippen LogP contribution in [-0.4, -0.2) is 89.6 Å². The summed E-state index contributed by atoms with van der Waals surface area (Å²) in [6, 6.07) is 10.6. The molecular weight excluding hydrogens is 559 g/mol. The van der Waals surface area contributed by atoms with Crippen molar-refractivity contribution in [2.24, 2.45) is 9.98 Å². The first-order chi connectivity index (χ1) is 18.4. The number of hydrogen-bond acceptors (Lipinski definition) is 9. The number of nitrogens with zero attached hydrogens (tertiary/aromatic N) is 4. The average molecular weight is 593 g/mol. The zero-order chi connectivity index (χ0) is 28.4. The van der Waals surface area contributed by atoms with Crippen LogP contribution in [0.4, 0.5) is 11.4 Å². The van der Waals surface area contributed by atoms with Crippen molar-refractivity contribution in [3.8, 4) is 5.75 Å². The largest absolute Gasteiger partial charge is 0.495 e. The molecule has 0 amide bonds. The van der Waals surface area contributed by atoms with E-state index in [1.54, 1.807) is 31.4 Å². The van der Waals surface area contributed by atoms with Crippen LogP contribution in [0.15, 0.2) is 62.4 Å². The molecule has 10 nitrogen and oxygen atoms in total. The molecule has 2 aromatic rings. The maximum Gasteiger partial charge on any atom is 0.244 e. The molecular formula is C26H34ClN6O4PS. The fraction of sp³-hybridized carbons (Fsp3) is 0.385. The van der Waals surface area contributed by atoms with Gasteiger partial charge in [-0.05, 0) is 55.9 Å². The van der Waals surface area contributed by atoms with Crippen LogP contribution in [0, 0.1) is 6.92 Å². The summed E-state index contributed by atoms with van der Waals surface area (Å²) >= 11 is 6.50. The number of rotatable bonds is 6. The van der Waals surface area contributed by atoms with Crippen LogP contribution >= 0.6 is 18.7 Å². The second-order valence-corrected chi connectivity index (χ2v) is 15.5. The van der Waals surface area contributed by atoms with Crippen molar-refractivity contribution in [1.82, 2.24) is 9.21 Å². The SMILES string of the molecule is COc1cc(P2(=O)CCN(C)CC2)ccc1NC1=NCC=C(Cl)C(Nc2ccc(C)cc2S(=O)(=O)N(C)C)=N1. The number of ether oxygens (including phenoxy) is 1. The number of halogens is 1. The molecule has 2 aromatic carbocycles. The summed E-state index contributed by atoms with van der Waals surface area (Å²) in [6.07, 6.45) is 2.96. The van der Waals surface area contributed by atoms with E-state index in [0.29, 0.717) is 34.5 Å². The molecule has 0 saturated carbocycles. The average Bonchev–Trinajstić information content (AvgIpc) is 3.07. The Hall–Kier alpha value is -2.69. The third kappa shape index (κ3) is 6.56. The predicted octanol–water partition coefficient (Wildman–Crippen LogP) is 3.60. The molecule has 0 aromatic heterocycles. The lowest BCUT2D eigenvalue weighted by atomic mass is 10.2. The summed E-state index contributed by atoms with van der Waals surface area (Å²) in [4.78, 5) is 11.3. The van der Waals surface area contributed by atoms with Gasteiger partial charge in [0.1, 0.15) is 17.8 Å². The van der Waals surface area contributed by atoms with Gasteiger partial charge in [0.15, 0.2) is 5.84 Å². The Morgan fingerprint density at radius 2 is 1.77 bits per heavy atom. The first-order valence-corrected chi connectivity index (χ1v) is 16.3. The summed E-state index contributed by atoms with van der Waals surface area (Å²) in [5.74, 6) is 1.02. The van der Waals surface area contributed by atoms with Crippen molar-refractivity contribution >= 4 is 57.2 Å². The van der Waals surface area contributed by atoms with Gasteiger partial charge in [0, 0.05) is 44.8 Å². The van der Waals surface area contributed by atoms with Gasteiger partial charge in [-0.15, -0.1) is 0 Å². The van der Waals surface area contributed by atoms with Crippen LogP contribution in [-0.2, 0) is 14.6 Å². The van der Waals surface area contributed by atoms with Crippen LogP contribution in [0.2, 0.25) is 0 Å². The maximum absolute atomic E-state index is 13.6. The molecule has 0 atom stereocenters. The number of hydrogen-bond donors (Lipinski definition) is 2. The van der Waals surface area contributed by atoms with E-state index in [1.165, 1.54) is 14.1 Å². The molecule has 0 unspecified atom stereocenters. The molecule has 2 aliphatic rings. The van der Waals surface area contributed by atoms with Gasteiger partial charge in [-0.3, -0.25) is 0 Å². The van der Waals surface area contributed by atoms with Crippen molar-refractivity contribution < 1.29 is 17.7 Å². The number of nitrogens with one attached hydrogen (secondary N) is 2. The highest BCUT2D eigenvalue weighted by atomic mass is 35.5. The highest BCUT2D eigenvalue weighted by Gasteiger charge is 2.30. The number of anilines is 2. The molecule has 4 rings (SSSR count). The van der Waals surface area contributed by atoms with Gasteiger partial charge < -0.3 is 24.8 Å². The van der Waals surface area contributed by atoms with E-state index < -0.39 is 17.2 Å². The number of methoxy groups -OCH3 is 1. The Balaban J connectivity index is 1.63. The molecule has 39 heavy (non-hydrogen) atoms. The van der Waals surface area contributed by atoms with Crippen molar-refractivity contribution in [3.05, 3.63) is 53.1 Å². The van der Waals surface area contributed by atoms with E-state index in [4.69, 9.17) is 16.3 Å². The number of amidine groups is 1. The zero-order valence-corrected chi connectivity index (χ0v) is 25.2. The highest BCUT2D eigenvalue weighted by Crippen LogP contribution is 2.47. The van der Waals surface area contributed by atoms with Crippen LogP contribution < -0.4 is 20.7 Å². The van der Waals surface area contributed by atoms with E-state index in [-0.39, 0.29) is 23.2 Å². The van der Waals surface area contributed by atoms with Gasteiger partial charge in [0.25, 0.3) is 0 Å². The monoisotopic (exact) mass is 592 g/mol. The van der Waals surface area contributed by atoms with Gasteiger partial charge in [0.05, 0.1) is 30.1 Å². The normalized spacial score (nSPS) is 18.1. The number of aryl methyl sites for hydroxylation is 1. The quantitative estimate of drug-likeness (QED) is 0.493. The van der Waals surface area contributed by atoms with E-state index in [9.17, 15) is 13.0 Å². The summed E-state index contributed by atoms with van der Waals surface area (Å²) in [7, 11) is 0.327. The second-order valence-electron chi connectivity index (χ2n) is 9.74. The highest BCUT2D eigenvalue weighted by molar-refractivity contribution is 7.89. The van der Waals surface area contributed by atoms with Crippen molar-refractivity contribution in [2.75, 3.05) is 70.8 Å². The minimum atomic E-state index is -3.73. The zero-order valence-electron chi connectivity index (χ0n) is 22.7. The van der Waals surface area contributed by atoms with Gasteiger partial charge >= 0.3 is 0 Å². The molecule has 2 heterocycles. The Morgan fingerprint density at radius 3 is 2.44 bits per heavy atom. The van der Waals surface area contributed by atoms with E-state index in [0.717, 1.165) is 28.3 Å². The number of aliphatic imine (C=N–C) groups is 2. The molecule has 0 bridgehead atoms. The fourth-order valence-electron chi connectivity index (χ4n) is 4.23. The van der Waals surface area contributed by atoms with Crippen LogP contribution in [0.3, 0.4) is 0 Å². The third-order valence-corrected chi connectivity index (χ3v) is 11.9. The van der Waals surface area contributed by atoms with Crippen molar-refractivity contribution in [1.29, 1.82) is 0 Å². The Labute approximate surface area is 235 Å². The molecule has 0 aliphatic carbocycles. The number of sulfonamides is 1. The Kier molecular flexibility index (Phi) is 8.88. The molecule has 1 fully saturated rings. The standard InChI is InChI=1S/C26H34ClN6O4PS/c1-18-6-8-22(24(16-18)39(35,36)32(2)3)29-25-20(27)10-11-28-26(31-25)30-21-9-7-19(17-23(21)37-5)38(34)14-12-33(4)13-15-38/h6-10,16-17H,11-15H2,1-5H3,(H2,28,29,30,31). The van der Waals surface area contributed by atoms with Crippen LogP contribution in [0.25, 0.3) is 0 Å². The van der Waals surface area contributed by atoms with Gasteiger partial charge in [-0.1, -0.05) is 17.7 Å². The number of guanidine groups is 1. The summed E-state index contributed by atoms with van der Waals surface area (Å²) in [5.41, 5.74) is 1.74. The third-order valence-electron chi connectivity index (χ3n) is 6.69. The smallest absolute Gasteiger partial charge is 0.244 e. The fourth-order valence-corrected chi connectivity index (χ4v) is 8.28. The van der Waals surface area contributed by atoms with Crippen molar-refractivity contribution in [2.45, 2.75) is 11.8 Å². The first-order valence-electron chi connectivity index (χ1n) is 12.4. The van der Waals surface area contributed by atoms with Gasteiger partial charge in [0.2, 0.25) is 16.0 Å². The Bertz CT molecular complexity index is 1490. The molecule has 210 valence electrons. The second kappa shape index (κ2) is 11.8. The minimum absolute atomic E-state index is 0.108. The molecule has 2 N–H and O–H groups in total. The molecule has 0 radical (unpaired) electrons. The van der Waals surface area contributed by atoms with Crippen LogP contribution in [0.5, 0.6) is 5.75 Å². The predicted molar refractivity (Wildman–Crippen MR) is 160 cm³/mol. The molecule has 1 saturated heterocycles. The Morgan fingerprint density at radius 1 is 1.08 bits per heavy atom. The molecule has 2 aliphatic heterocycles. The maximum atomic E-state index is 13.6. The summed E-state index contributed by atoms with van der Waals surface area (Å²) in [6.45, 7) is 3.68. The lowest BCUT2D eigenvalue weighted by molar-refractivity contribution is 0.361. The van der Waals surface area contributed by atoms with E-state index in [2.05, 4.69) is 25.5 Å². The summed E-state index contributed by atoms with van der Waals surface area (Å²) in [5, 5.41) is 7.36. The lowest BCUT2D eigenvalue weighted by Crippen LogP contribution is -2.34. The molecule has 0 spiro atoms. The topological polar surface area (TPSA) is 116 Å².